The number of ether oxygens (including phenoxy) is 1. The summed E-state index contributed by atoms with van der Waals surface area (Å²) in [6, 6.07) is 9.77. The van der Waals surface area contributed by atoms with Gasteiger partial charge in [-0.2, -0.15) is 0 Å². The fourth-order valence-corrected chi connectivity index (χ4v) is 3.30. The van der Waals surface area contributed by atoms with Gasteiger partial charge in [0.05, 0.1) is 24.5 Å². The summed E-state index contributed by atoms with van der Waals surface area (Å²) < 4.78 is 5.08. The van der Waals surface area contributed by atoms with Crippen LogP contribution in [0.5, 0.6) is 0 Å². The lowest BCUT2D eigenvalue weighted by atomic mass is 9.97. The van der Waals surface area contributed by atoms with E-state index < -0.39 is 43.2 Å². The number of carbonyl (C=O) groups is 1. The third-order valence-electron chi connectivity index (χ3n) is 4.82. The molecule has 1 fully saturated rings. The van der Waals surface area contributed by atoms with Crippen molar-refractivity contribution in [2.24, 2.45) is 0 Å². The molecule has 10 heteroatoms. The van der Waals surface area contributed by atoms with Crippen molar-refractivity contribution in [1.29, 1.82) is 0 Å². The Morgan fingerprint density at radius 2 is 1.60 bits per heavy atom. The topological polar surface area (TPSA) is 148 Å². The smallest absolute Gasteiger partial charge is 0.234 e. The number of nitrogens with one attached hydrogen (secondary N) is 1. The third-order valence-corrected chi connectivity index (χ3v) is 4.82. The zero-order valence-corrected chi connectivity index (χ0v) is 16.3. The van der Waals surface area contributed by atoms with Crippen molar-refractivity contribution in [3.8, 4) is 0 Å². The summed E-state index contributed by atoms with van der Waals surface area (Å²) in [5.41, 5.74) is 1.53. The monoisotopic (exact) mass is 418 g/mol. The lowest BCUT2D eigenvalue weighted by Crippen LogP contribution is -2.64. The maximum Gasteiger partial charge on any atom is 0.234 e. The average Bonchev–Trinajstić information content (AvgIpc) is 2.75. The van der Waals surface area contributed by atoms with E-state index in [-0.39, 0.29) is 6.54 Å². The maximum atomic E-state index is 12.6. The second-order valence-electron chi connectivity index (χ2n) is 7.11. The van der Waals surface area contributed by atoms with Crippen LogP contribution in [0, 0.1) is 0 Å². The van der Waals surface area contributed by atoms with Crippen LogP contribution >= 0.6 is 0 Å². The minimum atomic E-state index is -1.57. The Labute approximate surface area is 173 Å². The normalized spacial score (nSPS) is 26.5. The molecule has 10 nitrogen and oxygen atoms in total. The molecule has 1 aliphatic heterocycles. The Morgan fingerprint density at radius 1 is 1.00 bits per heavy atom. The highest BCUT2D eigenvalue weighted by molar-refractivity contribution is 5.78. The van der Waals surface area contributed by atoms with E-state index in [9.17, 15) is 20.1 Å². The van der Waals surface area contributed by atoms with Gasteiger partial charge in [0.25, 0.3) is 0 Å². The van der Waals surface area contributed by atoms with E-state index in [0.717, 1.165) is 11.4 Å². The number of pyridine rings is 2. The Morgan fingerprint density at radius 3 is 2.10 bits per heavy atom. The number of aromatic nitrogens is 2. The molecule has 162 valence electrons. The Hall–Kier alpha value is -2.47. The summed E-state index contributed by atoms with van der Waals surface area (Å²) in [6.45, 7) is 0.124. The van der Waals surface area contributed by atoms with E-state index in [0.29, 0.717) is 13.1 Å². The number of hydrogen-bond acceptors (Lipinski definition) is 9. The maximum absolute atomic E-state index is 12.6. The molecule has 1 saturated heterocycles. The van der Waals surface area contributed by atoms with Crippen LogP contribution in [-0.2, 0) is 22.6 Å². The van der Waals surface area contributed by atoms with Gasteiger partial charge in [-0.05, 0) is 24.3 Å². The van der Waals surface area contributed by atoms with Crippen LogP contribution < -0.4 is 5.32 Å². The fourth-order valence-electron chi connectivity index (χ4n) is 3.30. The van der Waals surface area contributed by atoms with Gasteiger partial charge in [-0.1, -0.05) is 12.1 Å². The minimum absolute atomic E-state index is 0.0669. The summed E-state index contributed by atoms with van der Waals surface area (Å²) in [5.74, 6) is -0.483. The number of nitrogens with zero attached hydrogens (tertiary/aromatic N) is 3. The predicted molar refractivity (Wildman–Crippen MR) is 104 cm³/mol. The van der Waals surface area contributed by atoms with Crippen LogP contribution in [0.3, 0.4) is 0 Å². The fraction of sp³-hybridized carbons (Fsp3) is 0.450. The van der Waals surface area contributed by atoms with Crippen LogP contribution in [0.2, 0.25) is 0 Å². The van der Waals surface area contributed by atoms with E-state index >= 15 is 0 Å². The molecule has 0 aromatic carbocycles. The summed E-state index contributed by atoms with van der Waals surface area (Å²) >= 11 is 0. The molecule has 2 aromatic heterocycles. The first kappa shape index (κ1) is 22.2. The summed E-state index contributed by atoms with van der Waals surface area (Å²) in [7, 11) is 0. The zero-order valence-electron chi connectivity index (χ0n) is 16.3. The first-order chi connectivity index (χ1) is 14.5. The Balaban J connectivity index is 1.66. The SMILES string of the molecule is O=C(CN(Cc1ccccn1)Cc1ccccn1)N[C@H]1C(O)O[C@H](CO)[C@@H](O)[C@@H]1O. The van der Waals surface area contributed by atoms with E-state index in [4.69, 9.17) is 9.84 Å². The lowest BCUT2D eigenvalue weighted by Gasteiger charge is -2.40. The van der Waals surface area contributed by atoms with Gasteiger partial charge in [-0.3, -0.25) is 19.7 Å². The number of amides is 1. The van der Waals surface area contributed by atoms with Gasteiger partial charge >= 0.3 is 0 Å². The molecule has 0 aliphatic carbocycles. The summed E-state index contributed by atoms with van der Waals surface area (Å²) in [6.07, 6.45) is -2.30. The molecule has 3 rings (SSSR count). The Kier molecular flexibility index (Phi) is 7.80. The quantitative estimate of drug-likeness (QED) is 0.342. The molecule has 30 heavy (non-hydrogen) atoms. The van der Waals surface area contributed by atoms with Gasteiger partial charge in [-0.25, -0.2) is 0 Å². The molecular weight excluding hydrogens is 392 g/mol. The van der Waals surface area contributed by atoms with Gasteiger partial charge in [0.15, 0.2) is 6.29 Å². The van der Waals surface area contributed by atoms with Crippen molar-refractivity contribution in [3.63, 3.8) is 0 Å². The first-order valence-corrected chi connectivity index (χ1v) is 9.60. The molecule has 0 saturated carbocycles. The molecule has 3 heterocycles. The number of aliphatic hydroxyl groups excluding tert-OH is 4. The van der Waals surface area contributed by atoms with Crippen molar-refractivity contribution in [2.45, 2.75) is 43.7 Å². The van der Waals surface area contributed by atoms with E-state index in [1.54, 1.807) is 24.5 Å². The van der Waals surface area contributed by atoms with Crippen molar-refractivity contribution >= 4 is 5.91 Å². The number of aliphatic hydroxyl groups is 4. The van der Waals surface area contributed by atoms with Gasteiger partial charge in [0.2, 0.25) is 5.91 Å². The number of carbonyl (C=O) groups excluding carboxylic acids is 1. The molecule has 0 radical (unpaired) electrons. The van der Waals surface area contributed by atoms with Crippen molar-refractivity contribution in [1.82, 2.24) is 20.2 Å². The van der Waals surface area contributed by atoms with E-state index in [1.165, 1.54) is 0 Å². The predicted octanol–water partition coefficient (Wildman–Crippen LogP) is -1.61. The van der Waals surface area contributed by atoms with E-state index in [1.807, 2.05) is 29.2 Å². The molecule has 5 atom stereocenters. The molecule has 1 unspecified atom stereocenters. The van der Waals surface area contributed by atoms with Crippen molar-refractivity contribution in [3.05, 3.63) is 60.2 Å². The van der Waals surface area contributed by atoms with Crippen LogP contribution in [0.1, 0.15) is 11.4 Å². The Bertz CT molecular complexity index is 755. The van der Waals surface area contributed by atoms with Gasteiger partial charge < -0.3 is 30.5 Å². The second kappa shape index (κ2) is 10.5. The van der Waals surface area contributed by atoms with Crippen LogP contribution in [0.15, 0.2) is 48.8 Å². The molecule has 2 aromatic rings. The van der Waals surface area contributed by atoms with Crippen LogP contribution in [0.25, 0.3) is 0 Å². The number of rotatable bonds is 8. The van der Waals surface area contributed by atoms with Crippen molar-refractivity contribution in [2.75, 3.05) is 13.2 Å². The van der Waals surface area contributed by atoms with E-state index in [2.05, 4.69) is 15.3 Å². The summed E-state index contributed by atoms with van der Waals surface area (Å²) in [4.78, 5) is 23.0. The molecule has 0 spiro atoms. The van der Waals surface area contributed by atoms with Gasteiger partial charge in [0, 0.05) is 25.5 Å². The minimum Gasteiger partial charge on any atom is -0.394 e. The zero-order chi connectivity index (χ0) is 21.5. The highest BCUT2D eigenvalue weighted by Gasteiger charge is 2.44. The molecule has 1 amide bonds. The molecule has 0 bridgehead atoms. The highest BCUT2D eigenvalue weighted by atomic mass is 16.6. The van der Waals surface area contributed by atoms with Gasteiger partial charge in [0.1, 0.15) is 24.4 Å². The average molecular weight is 418 g/mol. The molecular formula is C20H26N4O6. The third kappa shape index (κ3) is 5.79. The second-order valence-corrected chi connectivity index (χ2v) is 7.11. The number of hydrogen-bond donors (Lipinski definition) is 5. The largest absolute Gasteiger partial charge is 0.394 e. The van der Waals surface area contributed by atoms with Crippen molar-refractivity contribution < 1.29 is 30.0 Å². The van der Waals surface area contributed by atoms with Crippen LogP contribution in [0.4, 0.5) is 0 Å². The molecule has 1 aliphatic rings. The van der Waals surface area contributed by atoms with Gasteiger partial charge in [-0.15, -0.1) is 0 Å². The molecule has 5 N–H and O–H groups in total. The van der Waals surface area contributed by atoms with Crippen LogP contribution in [-0.4, -0.2) is 85.0 Å². The first-order valence-electron chi connectivity index (χ1n) is 9.60. The standard InChI is InChI=1S/C20H26N4O6/c25-12-15-18(27)19(28)17(20(29)30-15)23-16(26)11-24(9-13-5-1-3-7-21-13)10-14-6-2-4-8-22-14/h1-8,15,17-20,25,27-29H,9-12H2,(H,23,26)/t15-,17-,18-,19-,20?/m1/s1. The summed E-state index contributed by atoms with van der Waals surface area (Å²) in [5, 5.41) is 41.9. The highest BCUT2D eigenvalue weighted by Crippen LogP contribution is 2.19. The lowest BCUT2D eigenvalue weighted by molar-refractivity contribution is -0.253.